The van der Waals surface area contributed by atoms with Gasteiger partial charge < -0.3 is 15.2 Å². The van der Waals surface area contributed by atoms with Gasteiger partial charge in [-0.05, 0) is 25.5 Å². The Kier molecular flexibility index (Phi) is 4.56. The molecule has 0 aliphatic rings. The molecule has 0 bridgehead atoms. The fourth-order valence-electron chi connectivity index (χ4n) is 2.20. The summed E-state index contributed by atoms with van der Waals surface area (Å²) in [6.45, 7) is 4.31. The number of hydrogen-bond donors (Lipinski definition) is 2. The molecular formula is C18H18N4O2. The molecule has 0 radical (unpaired) electrons. The number of benzene rings is 1. The summed E-state index contributed by atoms with van der Waals surface area (Å²) in [7, 11) is 0. The lowest BCUT2D eigenvalue weighted by molar-refractivity contribution is 0.0950. The number of amides is 1. The van der Waals surface area contributed by atoms with Crippen molar-refractivity contribution in [3.8, 4) is 0 Å². The number of rotatable bonds is 5. The van der Waals surface area contributed by atoms with Crippen LogP contribution in [0, 0.1) is 13.8 Å². The third-order valence-corrected chi connectivity index (χ3v) is 3.47. The zero-order valence-electron chi connectivity index (χ0n) is 13.5. The van der Waals surface area contributed by atoms with E-state index in [9.17, 15) is 4.79 Å². The highest BCUT2D eigenvalue weighted by molar-refractivity contribution is 5.94. The first-order valence-electron chi connectivity index (χ1n) is 7.59. The minimum absolute atomic E-state index is 0.178. The molecule has 0 saturated heterocycles. The van der Waals surface area contributed by atoms with Crippen LogP contribution in [0.25, 0.3) is 0 Å². The highest BCUT2D eigenvalue weighted by atomic mass is 16.5. The van der Waals surface area contributed by atoms with Crippen molar-refractivity contribution in [3.05, 3.63) is 71.2 Å². The number of carbonyl (C=O) groups is 1. The van der Waals surface area contributed by atoms with Crippen molar-refractivity contribution in [1.82, 2.24) is 15.5 Å². The maximum atomic E-state index is 12.3. The van der Waals surface area contributed by atoms with Crippen molar-refractivity contribution in [2.75, 3.05) is 5.32 Å². The normalized spacial score (nSPS) is 10.4. The number of pyridine rings is 1. The van der Waals surface area contributed by atoms with E-state index in [2.05, 4.69) is 20.8 Å². The molecule has 122 valence electrons. The molecule has 2 aromatic heterocycles. The fourth-order valence-corrected chi connectivity index (χ4v) is 2.20. The van der Waals surface area contributed by atoms with Crippen molar-refractivity contribution in [1.29, 1.82) is 0 Å². The van der Waals surface area contributed by atoms with E-state index in [-0.39, 0.29) is 5.91 Å². The monoisotopic (exact) mass is 322 g/mol. The van der Waals surface area contributed by atoms with Crippen LogP contribution in [-0.2, 0) is 6.54 Å². The number of carbonyl (C=O) groups excluding carboxylic acids is 1. The minimum Gasteiger partial charge on any atom is -0.360 e. The van der Waals surface area contributed by atoms with E-state index in [0.29, 0.717) is 29.4 Å². The van der Waals surface area contributed by atoms with Gasteiger partial charge in [-0.2, -0.15) is 0 Å². The smallest absolute Gasteiger partial charge is 0.253 e. The molecule has 0 aliphatic carbocycles. The molecule has 6 nitrogen and oxygen atoms in total. The molecule has 2 N–H and O–H groups in total. The molecule has 0 atom stereocenters. The Morgan fingerprint density at radius 2 is 1.92 bits per heavy atom. The van der Waals surface area contributed by atoms with Gasteiger partial charge in [-0.25, -0.2) is 0 Å². The van der Waals surface area contributed by atoms with E-state index in [0.717, 1.165) is 5.56 Å². The number of aryl methyl sites for hydroxylation is 2. The second-order valence-corrected chi connectivity index (χ2v) is 5.58. The number of nitrogens with one attached hydrogen (secondary N) is 2. The van der Waals surface area contributed by atoms with Crippen molar-refractivity contribution < 1.29 is 9.32 Å². The predicted octanol–water partition coefficient (Wildman–Crippen LogP) is 3.36. The van der Waals surface area contributed by atoms with Crippen molar-refractivity contribution in [2.45, 2.75) is 20.4 Å². The average molecular weight is 322 g/mol. The fraction of sp³-hybridized carbons (Fsp3) is 0.167. The second kappa shape index (κ2) is 6.95. The van der Waals surface area contributed by atoms with Gasteiger partial charge in [-0.3, -0.25) is 9.78 Å². The summed E-state index contributed by atoms with van der Waals surface area (Å²) in [5.41, 5.74) is 3.39. The van der Waals surface area contributed by atoms with Gasteiger partial charge in [-0.15, -0.1) is 0 Å². The number of hydrogen-bond acceptors (Lipinski definition) is 5. The van der Waals surface area contributed by atoms with Crippen LogP contribution in [0.2, 0.25) is 0 Å². The van der Waals surface area contributed by atoms with Crippen LogP contribution in [0.3, 0.4) is 0 Å². The second-order valence-electron chi connectivity index (χ2n) is 5.58. The van der Waals surface area contributed by atoms with Crippen LogP contribution in [-0.4, -0.2) is 16.0 Å². The largest absolute Gasteiger partial charge is 0.360 e. The molecule has 24 heavy (non-hydrogen) atoms. The van der Waals surface area contributed by atoms with Gasteiger partial charge in [0, 0.05) is 18.8 Å². The van der Waals surface area contributed by atoms with Crippen molar-refractivity contribution >= 4 is 17.4 Å². The summed E-state index contributed by atoms with van der Waals surface area (Å²) in [5.74, 6) is 1.10. The maximum absolute atomic E-state index is 12.3. The standard InChI is InChI=1S/C18H18N4O2/c1-12-3-5-14(6-4-12)9-20-18(23)15-8-16(11-19-10-15)21-17-7-13(2)24-22-17/h3-8,10-11H,9H2,1-2H3,(H,20,23)(H,21,22). The van der Waals surface area contributed by atoms with Crippen LogP contribution >= 0.6 is 0 Å². The topological polar surface area (TPSA) is 80.0 Å². The van der Waals surface area contributed by atoms with E-state index in [4.69, 9.17) is 4.52 Å². The van der Waals surface area contributed by atoms with Gasteiger partial charge in [-0.1, -0.05) is 35.0 Å². The van der Waals surface area contributed by atoms with Crippen LogP contribution in [0.4, 0.5) is 11.5 Å². The molecule has 0 spiro atoms. The van der Waals surface area contributed by atoms with E-state index in [1.54, 1.807) is 18.3 Å². The number of anilines is 2. The predicted molar refractivity (Wildman–Crippen MR) is 91.1 cm³/mol. The molecule has 0 saturated carbocycles. The SMILES string of the molecule is Cc1ccc(CNC(=O)c2cncc(Nc3cc(C)on3)c2)cc1. The van der Waals surface area contributed by atoms with Crippen molar-refractivity contribution in [2.24, 2.45) is 0 Å². The Balaban J connectivity index is 1.64. The molecule has 0 unspecified atom stereocenters. The van der Waals surface area contributed by atoms with Crippen LogP contribution < -0.4 is 10.6 Å². The first-order chi connectivity index (χ1) is 11.6. The Hall–Kier alpha value is -3.15. The molecular weight excluding hydrogens is 304 g/mol. The molecule has 3 rings (SSSR count). The number of nitrogens with zero attached hydrogens (tertiary/aromatic N) is 2. The summed E-state index contributed by atoms with van der Waals surface area (Å²) in [5, 5.41) is 9.80. The van der Waals surface area contributed by atoms with E-state index < -0.39 is 0 Å². The van der Waals surface area contributed by atoms with E-state index >= 15 is 0 Å². The van der Waals surface area contributed by atoms with Crippen LogP contribution in [0.1, 0.15) is 27.2 Å². The average Bonchev–Trinajstić information content (AvgIpc) is 2.99. The lowest BCUT2D eigenvalue weighted by Gasteiger charge is -2.07. The molecule has 2 heterocycles. The zero-order chi connectivity index (χ0) is 16.9. The quantitative estimate of drug-likeness (QED) is 0.753. The zero-order valence-corrected chi connectivity index (χ0v) is 13.5. The Labute approximate surface area is 139 Å². The highest BCUT2D eigenvalue weighted by Gasteiger charge is 2.08. The van der Waals surface area contributed by atoms with Crippen LogP contribution in [0.15, 0.2) is 53.3 Å². The van der Waals surface area contributed by atoms with E-state index in [1.807, 2.05) is 38.1 Å². The summed E-state index contributed by atoms with van der Waals surface area (Å²) >= 11 is 0. The van der Waals surface area contributed by atoms with Gasteiger partial charge in [0.25, 0.3) is 5.91 Å². The summed E-state index contributed by atoms with van der Waals surface area (Å²) in [6, 6.07) is 11.5. The lowest BCUT2D eigenvalue weighted by Crippen LogP contribution is -2.23. The maximum Gasteiger partial charge on any atom is 0.253 e. The van der Waals surface area contributed by atoms with E-state index in [1.165, 1.54) is 11.8 Å². The highest BCUT2D eigenvalue weighted by Crippen LogP contribution is 2.16. The molecule has 3 aromatic rings. The molecule has 1 amide bonds. The molecule has 0 fully saturated rings. The minimum atomic E-state index is -0.178. The van der Waals surface area contributed by atoms with Gasteiger partial charge in [0.2, 0.25) is 0 Å². The first kappa shape index (κ1) is 15.7. The van der Waals surface area contributed by atoms with Gasteiger partial charge >= 0.3 is 0 Å². The third-order valence-electron chi connectivity index (χ3n) is 3.47. The number of aromatic nitrogens is 2. The Morgan fingerprint density at radius 3 is 2.62 bits per heavy atom. The lowest BCUT2D eigenvalue weighted by atomic mass is 10.1. The summed E-state index contributed by atoms with van der Waals surface area (Å²) in [4.78, 5) is 16.4. The molecule has 6 heteroatoms. The van der Waals surface area contributed by atoms with Gasteiger partial charge in [0.15, 0.2) is 5.82 Å². The summed E-state index contributed by atoms with van der Waals surface area (Å²) < 4.78 is 5.00. The molecule has 1 aromatic carbocycles. The molecule has 0 aliphatic heterocycles. The Morgan fingerprint density at radius 1 is 1.12 bits per heavy atom. The van der Waals surface area contributed by atoms with Crippen LogP contribution in [0.5, 0.6) is 0 Å². The first-order valence-corrected chi connectivity index (χ1v) is 7.59. The summed E-state index contributed by atoms with van der Waals surface area (Å²) in [6.07, 6.45) is 3.16. The third kappa shape index (κ3) is 3.98. The Bertz CT molecular complexity index is 840. The van der Waals surface area contributed by atoms with Gasteiger partial charge in [0.05, 0.1) is 17.4 Å². The van der Waals surface area contributed by atoms with Gasteiger partial charge in [0.1, 0.15) is 5.76 Å². The van der Waals surface area contributed by atoms with Crippen molar-refractivity contribution in [3.63, 3.8) is 0 Å².